The van der Waals surface area contributed by atoms with Gasteiger partial charge >= 0.3 is 0 Å². The summed E-state index contributed by atoms with van der Waals surface area (Å²) in [4.78, 5) is 8.46. The Morgan fingerprint density at radius 2 is 1.96 bits per heavy atom. The normalized spacial score (nSPS) is 13.1. The van der Waals surface area contributed by atoms with Crippen LogP contribution in [0.1, 0.15) is 6.92 Å². The molecule has 4 N–H and O–H groups in total. The Kier molecular flexibility index (Phi) is 7.85. The molecule has 0 aliphatic heterocycles. The maximum atomic E-state index is 14.3. The molecule has 0 amide bonds. The minimum absolute atomic E-state index is 0.00245. The van der Waals surface area contributed by atoms with Crippen molar-refractivity contribution >= 4 is 28.3 Å². The van der Waals surface area contributed by atoms with Gasteiger partial charge in [-0.3, -0.25) is 0 Å². The van der Waals surface area contributed by atoms with Crippen LogP contribution in [0.3, 0.4) is 0 Å². The Balaban J connectivity index is 2.33. The van der Waals surface area contributed by atoms with Gasteiger partial charge in [-0.25, -0.2) is 23.7 Å². The first-order valence-corrected chi connectivity index (χ1v) is 9.49. The van der Waals surface area contributed by atoms with E-state index in [1.807, 2.05) is 18.2 Å². The van der Waals surface area contributed by atoms with Crippen molar-refractivity contribution in [3.05, 3.63) is 66.7 Å². The van der Waals surface area contributed by atoms with E-state index in [9.17, 15) is 8.60 Å². The average molecular weight is 404 g/mol. The van der Waals surface area contributed by atoms with Gasteiger partial charge < -0.3 is 15.2 Å². The van der Waals surface area contributed by atoms with Crippen molar-refractivity contribution in [3.8, 4) is 5.75 Å². The fourth-order valence-corrected chi connectivity index (χ4v) is 2.47. The fourth-order valence-electron chi connectivity index (χ4n) is 2.05. The number of para-hydroxylation sites is 1. The van der Waals surface area contributed by atoms with Gasteiger partial charge in [-0.05, 0) is 37.3 Å². The van der Waals surface area contributed by atoms with E-state index in [1.54, 1.807) is 19.1 Å². The van der Waals surface area contributed by atoms with Crippen molar-refractivity contribution in [2.75, 3.05) is 13.2 Å². The summed E-state index contributed by atoms with van der Waals surface area (Å²) in [5.74, 6) is 0.150. The maximum absolute atomic E-state index is 14.3. The molecule has 0 spiro atoms. The lowest BCUT2D eigenvalue weighted by atomic mass is 10.3. The third kappa shape index (κ3) is 6.29. The second kappa shape index (κ2) is 10.3. The molecule has 0 aliphatic carbocycles. The van der Waals surface area contributed by atoms with Crippen molar-refractivity contribution in [2.45, 2.75) is 11.8 Å². The van der Waals surface area contributed by atoms with Crippen LogP contribution in [0.2, 0.25) is 0 Å². The quantitative estimate of drug-likeness (QED) is 0.400. The van der Waals surface area contributed by atoms with Gasteiger partial charge in [0.25, 0.3) is 0 Å². The standard InChI is InChI=1S/C19H21FN4O3S/c1-3-26-13(2)19(21)24-18(12-27-14-7-5-4-6-8-14)23-17-10-9-15(28(22)25)11-16(17)20/h4-11H,2-3,12,22H2,1H3,(H2,21,23,24). The average Bonchev–Trinajstić information content (AvgIpc) is 2.68. The number of benzene rings is 2. The van der Waals surface area contributed by atoms with Crippen LogP contribution < -0.4 is 15.6 Å². The molecule has 7 nitrogen and oxygen atoms in total. The third-order valence-electron chi connectivity index (χ3n) is 3.37. The molecule has 0 bridgehead atoms. The number of rotatable bonds is 8. The summed E-state index contributed by atoms with van der Waals surface area (Å²) in [5, 5.41) is 5.26. The maximum Gasteiger partial charge on any atom is 0.169 e. The predicted molar refractivity (Wildman–Crippen MR) is 108 cm³/mol. The van der Waals surface area contributed by atoms with Crippen LogP contribution >= 0.6 is 0 Å². The first kappa shape index (κ1) is 21.3. The summed E-state index contributed by atoms with van der Waals surface area (Å²) >= 11 is 0. The van der Waals surface area contributed by atoms with E-state index in [0.717, 1.165) is 6.07 Å². The highest BCUT2D eigenvalue weighted by Gasteiger charge is 2.10. The molecule has 2 aromatic carbocycles. The lowest BCUT2D eigenvalue weighted by molar-refractivity contribution is 0.250. The van der Waals surface area contributed by atoms with Crippen LogP contribution in [-0.2, 0) is 15.7 Å². The van der Waals surface area contributed by atoms with Crippen molar-refractivity contribution in [1.82, 2.24) is 0 Å². The summed E-state index contributed by atoms with van der Waals surface area (Å²) in [6, 6.07) is 12.8. The van der Waals surface area contributed by atoms with Gasteiger partial charge in [0.1, 0.15) is 34.8 Å². The van der Waals surface area contributed by atoms with E-state index in [0.29, 0.717) is 12.4 Å². The zero-order chi connectivity index (χ0) is 20.5. The van der Waals surface area contributed by atoms with Crippen LogP contribution in [-0.4, -0.2) is 29.1 Å². The van der Waals surface area contributed by atoms with Crippen molar-refractivity contribution < 1.29 is 18.1 Å². The number of hydrogen-bond acceptors (Lipinski definition) is 4. The van der Waals surface area contributed by atoms with Crippen molar-refractivity contribution in [1.29, 1.82) is 0 Å². The Bertz CT molecular complexity index is 917. The molecular formula is C19H21FN4O3S. The predicted octanol–water partition coefficient (Wildman–Crippen LogP) is 2.82. The van der Waals surface area contributed by atoms with Crippen LogP contribution in [0.15, 0.2) is 75.7 Å². The SMILES string of the molecule is C=C(OCC)C(N)=NC(COc1ccccc1)=Nc1ccc(S(N)=O)cc1F. The Hall–Kier alpha value is -3.04. The van der Waals surface area contributed by atoms with Gasteiger partial charge in [-0.2, -0.15) is 0 Å². The van der Waals surface area contributed by atoms with Crippen LogP contribution in [0, 0.1) is 5.82 Å². The first-order chi connectivity index (χ1) is 13.4. The van der Waals surface area contributed by atoms with Gasteiger partial charge in [0, 0.05) is 0 Å². The highest BCUT2D eigenvalue weighted by Crippen LogP contribution is 2.21. The summed E-state index contributed by atoms with van der Waals surface area (Å²) in [6.07, 6.45) is 0. The fraction of sp³-hybridized carbons (Fsp3) is 0.158. The molecule has 0 heterocycles. The minimum Gasteiger partial charge on any atom is -0.491 e. The second-order valence-corrected chi connectivity index (χ2v) is 6.46. The van der Waals surface area contributed by atoms with E-state index in [2.05, 4.69) is 16.6 Å². The summed E-state index contributed by atoms with van der Waals surface area (Å²) in [6.45, 7) is 5.75. The number of nitrogens with two attached hydrogens (primary N) is 2. The monoisotopic (exact) mass is 404 g/mol. The molecule has 9 heteroatoms. The number of halogens is 1. The van der Waals surface area contributed by atoms with E-state index in [1.165, 1.54) is 12.1 Å². The summed E-state index contributed by atoms with van der Waals surface area (Å²) in [5.41, 5.74) is 5.84. The zero-order valence-corrected chi connectivity index (χ0v) is 16.1. The van der Waals surface area contributed by atoms with Gasteiger partial charge in [0.15, 0.2) is 17.4 Å². The Labute approximate surface area is 165 Å². The zero-order valence-electron chi connectivity index (χ0n) is 15.3. The molecule has 1 atom stereocenters. The van der Waals surface area contributed by atoms with Gasteiger partial charge in [0.05, 0.1) is 11.5 Å². The molecule has 0 saturated heterocycles. The largest absolute Gasteiger partial charge is 0.491 e. The van der Waals surface area contributed by atoms with Crippen molar-refractivity contribution in [3.63, 3.8) is 0 Å². The van der Waals surface area contributed by atoms with Crippen LogP contribution in [0.5, 0.6) is 5.75 Å². The van der Waals surface area contributed by atoms with E-state index in [-0.39, 0.29) is 34.6 Å². The highest BCUT2D eigenvalue weighted by molar-refractivity contribution is 7.82. The lowest BCUT2D eigenvalue weighted by Crippen LogP contribution is -2.21. The topological polar surface area (TPSA) is 112 Å². The smallest absolute Gasteiger partial charge is 0.169 e. The molecule has 2 aromatic rings. The second-order valence-electron chi connectivity index (χ2n) is 5.39. The molecule has 0 aliphatic rings. The van der Waals surface area contributed by atoms with E-state index in [4.69, 9.17) is 20.3 Å². The summed E-state index contributed by atoms with van der Waals surface area (Å²) < 4.78 is 36.4. The number of ether oxygens (including phenoxy) is 2. The van der Waals surface area contributed by atoms with Crippen LogP contribution in [0.4, 0.5) is 10.1 Å². The molecule has 1 unspecified atom stereocenters. The van der Waals surface area contributed by atoms with Crippen LogP contribution in [0.25, 0.3) is 0 Å². The Morgan fingerprint density at radius 1 is 1.25 bits per heavy atom. The van der Waals surface area contributed by atoms with E-state index < -0.39 is 16.8 Å². The number of nitrogens with zero attached hydrogens (tertiary/aromatic N) is 2. The molecule has 2 rings (SSSR count). The molecule has 148 valence electrons. The summed E-state index contributed by atoms with van der Waals surface area (Å²) in [7, 11) is -1.80. The van der Waals surface area contributed by atoms with E-state index >= 15 is 0 Å². The number of hydrogen-bond donors (Lipinski definition) is 2. The van der Waals surface area contributed by atoms with Gasteiger partial charge in [0.2, 0.25) is 0 Å². The molecular weight excluding hydrogens is 383 g/mol. The lowest BCUT2D eigenvalue weighted by Gasteiger charge is -2.09. The van der Waals surface area contributed by atoms with Gasteiger partial charge in [-0.1, -0.05) is 24.8 Å². The number of aliphatic imine (C=N–C) groups is 2. The molecule has 28 heavy (non-hydrogen) atoms. The molecule has 0 saturated carbocycles. The van der Waals surface area contributed by atoms with Gasteiger partial charge in [-0.15, -0.1) is 0 Å². The number of amidine groups is 2. The third-order valence-corrected chi connectivity index (χ3v) is 4.08. The van der Waals surface area contributed by atoms with Crippen molar-refractivity contribution in [2.24, 2.45) is 20.9 Å². The molecule has 0 radical (unpaired) electrons. The Morgan fingerprint density at radius 3 is 2.57 bits per heavy atom. The highest BCUT2D eigenvalue weighted by atomic mass is 32.2. The first-order valence-electron chi connectivity index (χ1n) is 8.28. The minimum atomic E-state index is -1.80. The molecule has 0 fully saturated rings. The molecule has 0 aromatic heterocycles.